The molecule has 144 valence electrons. The van der Waals surface area contributed by atoms with E-state index in [0.29, 0.717) is 39.4 Å². The van der Waals surface area contributed by atoms with Crippen molar-refractivity contribution in [1.82, 2.24) is 0 Å². The average molecular weight is 396 g/mol. The van der Waals surface area contributed by atoms with Gasteiger partial charge in [-0.25, -0.2) is 0 Å². The fourth-order valence-corrected chi connectivity index (χ4v) is 2.62. The molecule has 0 bridgehead atoms. The summed E-state index contributed by atoms with van der Waals surface area (Å²) in [7, 11) is 3.03. The van der Waals surface area contributed by atoms with Crippen LogP contribution in [0, 0.1) is 0 Å². The number of anilines is 1. The van der Waals surface area contributed by atoms with Gasteiger partial charge in [0, 0.05) is 16.1 Å². The van der Waals surface area contributed by atoms with E-state index in [-0.39, 0.29) is 6.61 Å². The minimum absolute atomic E-state index is 0.309. The van der Waals surface area contributed by atoms with E-state index in [4.69, 9.17) is 14.3 Å². The van der Waals surface area contributed by atoms with Gasteiger partial charge < -0.3 is 19.6 Å². The first-order valence-corrected chi connectivity index (χ1v) is 8.62. The molecule has 0 unspecified atom stereocenters. The van der Waals surface area contributed by atoms with Crippen LogP contribution in [-0.4, -0.2) is 38.7 Å². The van der Waals surface area contributed by atoms with Gasteiger partial charge in [0.25, 0.3) is 11.7 Å². The summed E-state index contributed by atoms with van der Waals surface area (Å²) in [6.07, 6.45) is 1.41. The van der Waals surface area contributed by atoms with Crippen LogP contribution < -0.4 is 14.8 Å². The first-order chi connectivity index (χ1) is 13.0. The lowest BCUT2D eigenvalue weighted by Gasteiger charge is -2.09. The molecule has 0 saturated heterocycles. The summed E-state index contributed by atoms with van der Waals surface area (Å²) in [5.74, 6) is -1.87. The van der Waals surface area contributed by atoms with E-state index >= 15 is 0 Å². The highest BCUT2D eigenvalue weighted by Crippen LogP contribution is 2.29. The maximum atomic E-state index is 12.3. The van der Waals surface area contributed by atoms with Crippen molar-refractivity contribution in [3.63, 3.8) is 0 Å². The van der Waals surface area contributed by atoms with Crippen LogP contribution in [0.3, 0.4) is 0 Å². The molecule has 0 aromatic heterocycles. The fourth-order valence-electron chi connectivity index (χ4n) is 2.12. The summed E-state index contributed by atoms with van der Waals surface area (Å²) in [6.45, 7) is -0.309. The Morgan fingerprint density at radius 3 is 2.56 bits per heavy atom. The van der Waals surface area contributed by atoms with Crippen LogP contribution >= 0.6 is 11.8 Å². The molecule has 1 amide bonds. The quantitative estimate of drug-likeness (QED) is 0.394. The van der Waals surface area contributed by atoms with Gasteiger partial charge in [0.05, 0.1) is 20.4 Å². The molecule has 0 fully saturated rings. The Hall–Kier alpha value is -2.81. The SMILES string of the molecule is COc1cccc(/C=N\OCC(=O)Nc2ccc(SC(F)F)cc2)c1OC. The van der Waals surface area contributed by atoms with Gasteiger partial charge in [-0.05, 0) is 36.4 Å². The number of hydrogen-bond acceptors (Lipinski definition) is 6. The van der Waals surface area contributed by atoms with Crippen LogP contribution in [-0.2, 0) is 9.63 Å². The number of carbonyl (C=O) groups excluding carboxylic acids is 1. The number of methoxy groups -OCH3 is 2. The van der Waals surface area contributed by atoms with E-state index in [1.807, 2.05) is 0 Å². The lowest BCUT2D eigenvalue weighted by molar-refractivity contribution is -0.120. The van der Waals surface area contributed by atoms with Crippen LogP contribution in [0.2, 0.25) is 0 Å². The van der Waals surface area contributed by atoms with Crippen molar-refractivity contribution in [3.8, 4) is 11.5 Å². The molecule has 6 nitrogen and oxygen atoms in total. The fraction of sp³-hybridized carbons (Fsp3) is 0.222. The van der Waals surface area contributed by atoms with Crippen LogP contribution in [0.4, 0.5) is 14.5 Å². The number of amides is 1. The highest BCUT2D eigenvalue weighted by atomic mass is 32.2. The van der Waals surface area contributed by atoms with E-state index < -0.39 is 11.7 Å². The zero-order chi connectivity index (χ0) is 19.6. The normalized spacial score (nSPS) is 10.9. The summed E-state index contributed by atoms with van der Waals surface area (Å²) in [6, 6.07) is 11.3. The monoisotopic (exact) mass is 396 g/mol. The van der Waals surface area contributed by atoms with E-state index in [9.17, 15) is 13.6 Å². The topological polar surface area (TPSA) is 69.2 Å². The molecule has 0 atom stereocenters. The second-order valence-corrected chi connectivity index (χ2v) is 6.11. The summed E-state index contributed by atoms with van der Waals surface area (Å²) < 4.78 is 35.0. The molecule has 2 rings (SSSR count). The Morgan fingerprint density at radius 1 is 1.19 bits per heavy atom. The van der Waals surface area contributed by atoms with Crippen molar-refractivity contribution < 1.29 is 27.9 Å². The lowest BCUT2D eigenvalue weighted by Crippen LogP contribution is -2.16. The molecule has 0 aliphatic heterocycles. The molecule has 9 heteroatoms. The van der Waals surface area contributed by atoms with Crippen molar-refractivity contribution in [1.29, 1.82) is 0 Å². The Kier molecular flexibility index (Phi) is 7.87. The largest absolute Gasteiger partial charge is 0.493 e. The van der Waals surface area contributed by atoms with Gasteiger partial charge in [0.1, 0.15) is 0 Å². The van der Waals surface area contributed by atoms with Crippen molar-refractivity contribution >= 4 is 29.6 Å². The Bertz CT molecular complexity index is 785. The third kappa shape index (κ3) is 6.45. The third-order valence-electron chi connectivity index (χ3n) is 3.26. The van der Waals surface area contributed by atoms with E-state index in [0.717, 1.165) is 0 Å². The Labute approximate surface area is 159 Å². The van der Waals surface area contributed by atoms with Gasteiger partial charge in [-0.1, -0.05) is 23.0 Å². The number of thioether (sulfide) groups is 1. The maximum absolute atomic E-state index is 12.3. The Morgan fingerprint density at radius 2 is 1.93 bits per heavy atom. The highest BCUT2D eigenvalue weighted by molar-refractivity contribution is 7.99. The highest BCUT2D eigenvalue weighted by Gasteiger charge is 2.08. The van der Waals surface area contributed by atoms with Crippen LogP contribution in [0.25, 0.3) is 0 Å². The zero-order valence-corrected chi connectivity index (χ0v) is 15.5. The third-order valence-corrected chi connectivity index (χ3v) is 3.98. The molecular weight excluding hydrogens is 378 g/mol. The molecule has 0 heterocycles. The summed E-state index contributed by atoms with van der Waals surface area (Å²) in [4.78, 5) is 17.2. The van der Waals surface area contributed by atoms with Gasteiger partial charge in [-0.2, -0.15) is 8.78 Å². The second kappa shape index (κ2) is 10.4. The molecule has 0 aliphatic rings. The maximum Gasteiger partial charge on any atom is 0.288 e. The van der Waals surface area contributed by atoms with Crippen molar-refractivity contribution in [2.75, 3.05) is 26.1 Å². The molecule has 0 aliphatic carbocycles. The molecule has 0 radical (unpaired) electrons. The molecule has 0 saturated carbocycles. The van der Waals surface area contributed by atoms with Gasteiger partial charge in [0.2, 0.25) is 0 Å². The minimum Gasteiger partial charge on any atom is -0.493 e. The number of alkyl halides is 2. The van der Waals surface area contributed by atoms with E-state index in [1.165, 1.54) is 44.7 Å². The number of hydrogen-bond donors (Lipinski definition) is 1. The number of oxime groups is 1. The number of benzene rings is 2. The molecule has 2 aromatic rings. The molecule has 1 N–H and O–H groups in total. The van der Waals surface area contributed by atoms with Crippen LogP contribution in [0.5, 0.6) is 11.5 Å². The van der Waals surface area contributed by atoms with Gasteiger partial charge in [-0.3, -0.25) is 4.79 Å². The number of rotatable bonds is 9. The predicted molar refractivity (Wildman–Crippen MR) is 100 cm³/mol. The van der Waals surface area contributed by atoms with Crippen molar-refractivity contribution in [3.05, 3.63) is 48.0 Å². The zero-order valence-electron chi connectivity index (χ0n) is 14.6. The first kappa shape index (κ1) is 20.5. The number of halogens is 2. The molecule has 2 aromatic carbocycles. The lowest BCUT2D eigenvalue weighted by atomic mass is 10.2. The van der Waals surface area contributed by atoms with Crippen molar-refractivity contribution in [2.45, 2.75) is 10.7 Å². The number of carbonyl (C=O) groups is 1. The summed E-state index contributed by atoms with van der Waals surface area (Å²) in [5, 5.41) is 6.33. The minimum atomic E-state index is -2.49. The van der Waals surface area contributed by atoms with E-state index in [1.54, 1.807) is 18.2 Å². The van der Waals surface area contributed by atoms with Gasteiger partial charge >= 0.3 is 0 Å². The molecular formula is C18H18F2N2O4S. The number of nitrogens with zero attached hydrogens (tertiary/aromatic N) is 1. The summed E-state index contributed by atoms with van der Waals surface area (Å²) in [5.41, 5.74) is 1.10. The van der Waals surface area contributed by atoms with Crippen molar-refractivity contribution in [2.24, 2.45) is 5.16 Å². The molecule has 0 spiro atoms. The average Bonchev–Trinajstić information content (AvgIpc) is 2.66. The molecule has 27 heavy (non-hydrogen) atoms. The number of ether oxygens (including phenoxy) is 2. The second-order valence-electron chi connectivity index (χ2n) is 5.04. The number of nitrogens with one attached hydrogen (secondary N) is 1. The van der Waals surface area contributed by atoms with Crippen LogP contribution in [0.15, 0.2) is 52.5 Å². The number of para-hydroxylation sites is 1. The van der Waals surface area contributed by atoms with Gasteiger partial charge in [-0.15, -0.1) is 0 Å². The van der Waals surface area contributed by atoms with Crippen LogP contribution in [0.1, 0.15) is 5.56 Å². The first-order valence-electron chi connectivity index (χ1n) is 7.74. The van der Waals surface area contributed by atoms with E-state index in [2.05, 4.69) is 10.5 Å². The standard InChI is InChI=1S/C18H18F2N2O4S/c1-24-15-5-3-4-12(17(15)25-2)10-21-26-11-16(23)22-13-6-8-14(9-7-13)27-18(19)20/h3-10,18H,11H2,1-2H3,(H,22,23)/b21-10-. The predicted octanol–water partition coefficient (Wildman–Crippen LogP) is 4.01. The van der Waals surface area contributed by atoms with Gasteiger partial charge in [0.15, 0.2) is 18.1 Å². The summed E-state index contributed by atoms with van der Waals surface area (Å²) >= 11 is 0.437. The smallest absolute Gasteiger partial charge is 0.288 e. The Balaban J connectivity index is 1.85.